The Bertz CT molecular complexity index is 796. The van der Waals surface area contributed by atoms with Gasteiger partial charge >= 0.3 is 0 Å². The van der Waals surface area contributed by atoms with Gasteiger partial charge in [0.25, 0.3) is 5.91 Å². The van der Waals surface area contributed by atoms with Crippen molar-refractivity contribution in [3.05, 3.63) is 64.2 Å². The summed E-state index contributed by atoms with van der Waals surface area (Å²) in [4.78, 5) is 13.0. The van der Waals surface area contributed by atoms with Crippen LogP contribution < -0.4 is 5.32 Å². The Balaban J connectivity index is 0.000000510. The molecule has 1 atom stereocenters. The maximum absolute atomic E-state index is 13.0. The zero-order chi connectivity index (χ0) is 22.1. The van der Waals surface area contributed by atoms with Crippen LogP contribution in [0, 0.1) is 20.8 Å². The van der Waals surface area contributed by atoms with Crippen molar-refractivity contribution >= 4 is 23.2 Å². The molecular weight excluding hydrogens is 481 g/mol. The number of benzene rings is 2. The summed E-state index contributed by atoms with van der Waals surface area (Å²) in [6.45, 7) is 13.7. The maximum atomic E-state index is 13.0. The largest absolute Gasteiger partial charge is 0.320 e. The molecule has 0 aliphatic carbocycles. The molecule has 5 heteroatoms. The molecule has 0 bridgehead atoms. The topological polar surface area (TPSA) is 29.1 Å². The van der Waals surface area contributed by atoms with Gasteiger partial charge in [-0.15, -0.1) is 0 Å². The van der Waals surface area contributed by atoms with E-state index in [0.29, 0.717) is 0 Å². The molecule has 0 saturated carbocycles. The number of halogens is 1. The van der Waals surface area contributed by atoms with Crippen LogP contribution in [0.5, 0.6) is 0 Å². The van der Waals surface area contributed by atoms with Crippen molar-refractivity contribution in [3.63, 3.8) is 0 Å². The van der Waals surface area contributed by atoms with E-state index >= 15 is 0 Å². The second-order valence-corrected chi connectivity index (χ2v) is 8.96. The molecule has 1 saturated heterocycles. The molecule has 1 unspecified atom stereocenters. The predicted octanol–water partition coefficient (Wildman–Crippen LogP) is 6.69. The summed E-state index contributed by atoms with van der Waals surface area (Å²) in [6, 6.07) is 14.1. The molecular formula is C26H38ClN2OY+. The molecule has 1 amide bonds. The van der Waals surface area contributed by atoms with E-state index in [-0.39, 0.29) is 44.7 Å². The van der Waals surface area contributed by atoms with Gasteiger partial charge < -0.3 is 9.80 Å². The van der Waals surface area contributed by atoms with Crippen LogP contribution >= 0.6 is 11.6 Å². The number of piperidine rings is 1. The fraction of sp³-hybridized carbons (Fsp3) is 0.500. The molecule has 0 aromatic heterocycles. The van der Waals surface area contributed by atoms with Crippen molar-refractivity contribution in [1.29, 1.82) is 0 Å². The van der Waals surface area contributed by atoms with Gasteiger partial charge in [0.2, 0.25) is 0 Å². The minimum absolute atomic E-state index is 0. The van der Waals surface area contributed by atoms with Crippen LogP contribution in [0.2, 0.25) is 5.02 Å². The normalized spacial score (nSPS) is 15.7. The molecule has 2 aromatic carbocycles. The first-order chi connectivity index (χ1) is 14.3. The Morgan fingerprint density at radius 1 is 1.00 bits per heavy atom. The monoisotopic (exact) mass is 518 g/mol. The number of carbonyl (C=O) groups excluding carboxylic acids is 1. The minimum atomic E-state index is 0. The summed E-state index contributed by atoms with van der Waals surface area (Å²) in [5.74, 6) is 0.157. The summed E-state index contributed by atoms with van der Waals surface area (Å²) >= 11 is 6.10. The summed E-state index contributed by atoms with van der Waals surface area (Å²) in [6.07, 6.45) is 4.64. The van der Waals surface area contributed by atoms with E-state index in [9.17, 15) is 4.79 Å². The number of rotatable bonds is 5. The molecule has 167 valence electrons. The molecule has 31 heavy (non-hydrogen) atoms. The van der Waals surface area contributed by atoms with Gasteiger partial charge in [0.1, 0.15) is 0 Å². The molecule has 1 fully saturated rings. The van der Waals surface area contributed by atoms with Gasteiger partial charge in [-0.25, -0.2) is 0 Å². The van der Waals surface area contributed by atoms with Crippen molar-refractivity contribution in [2.45, 2.75) is 66.3 Å². The van der Waals surface area contributed by atoms with Crippen molar-refractivity contribution in [2.24, 2.45) is 0 Å². The molecule has 1 aliphatic heterocycles. The van der Waals surface area contributed by atoms with E-state index in [2.05, 4.69) is 38.2 Å². The van der Waals surface area contributed by atoms with E-state index in [0.717, 1.165) is 52.4 Å². The van der Waals surface area contributed by atoms with Crippen molar-refractivity contribution in [2.75, 3.05) is 25.0 Å². The van der Waals surface area contributed by atoms with Crippen molar-refractivity contribution in [3.8, 4) is 0 Å². The van der Waals surface area contributed by atoms with Gasteiger partial charge in [-0.1, -0.05) is 54.4 Å². The minimum Gasteiger partial charge on any atom is -0.320 e. The van der Waals surface area contributed by atoms with Crippen LogP contribution in [0.1, 0.15) is 56.2 Å². The van der Waals surface area contributed by atoms with Crippen LogP contribution in [0.25, 0.3) is 0 Å². The number of hydrogen-bond donors (Lipinski definition) is 1. The number of nitrogens with zero attached hydrogens (tertiary/aromatic N) is 1. The molecule has 3 nitrogen and oxygen atoms in total. The van der Waals surface area contributed by atoms with Gasteiger partial charge in [-0.3, -0.25) is 4.79 Å². The standard InChI is InChI=1S/C19H29ClN2O.C7H8.Y/c1-5-17(22(6-2)10-8-7-9-11-22)19(23)21-18-14(3)12-16(20)13-15(18)4;1-7-5-3-2-4-6-7;/h12-13,17H,5-11H2,1-4H3;2-6H,1H3;/p+1. The third-order valence-corrected chi connectivity index (χ3v) is 6.59. The zero-order valence-electron chi connectivity index (χ0n) is 19.9. The number of likely N-dealkylation sites (tertiary alicyclic amines) is 1. The van der Waals surface area contributed by atoms with E-state index in [1.54, 1.807) is 0 Å². The number of hydrogen-bond acceptors (Lipinski definition) is 1. The van der Waals surface area contributed by atoms with Crippen LogP contribution in [0.4, 0.5) is 5.69 Å². The molecule has 0 spiro atoms. The number of carbonyl (C=O) groups is 1. The van der Waals surface area contributed by atoms with E-state index < -0.39 is 0 Å². The summed E-state index contributed by atoms with van der Waals surface area (Å²) < 4.78 is 0.939. The third kappa shape index (κ3) is 7.96. The number of likely N-dealkylation sites (N-methyl/N-ethyl adjacent to an activating group) is 1. The van der Waals surface area contributed by atoms with E-state index in [1.165, 1.54) is 24.8 Å². The van der Waals surface area contributed by atoms with Crippen LogP contribution in [-0.2, 0) is 37.5 Å². The van der Waals surface area contributed by atoms with Gasteiger partial charge in [0.15, 0.2) is 6.04 Å². The number of amides is 1. The van der Waals surface area contributed by atoms with E-state index in [1.807, 2.05) is 44.2 Å². The second kappa shape index (κ2) is 13.7. The maximum Gasteiger partial charge on any atom is 0.282 e. The van der Waals surface area contributed by atoms with Crippen LogP contribution in [0.3, 0.4) is 0 Å². The second-order valence-electron chi connectivity index (χ2n) is 8.53. The van der Waals surface area contributed by atoms with Crippen LogP contribution in [-0.4, -0.2) is 36.1 Å². The van der Waals surface area contributed by atoms with Crippen molar-refractivity contribution < 1.29 is 42.0 Å². The Morgan fingerprint density at radius 3 is 1.97 bits per heavy atom. The first kappa shape index (κ1) is 28.3. The molecule has 1 radical (unpaired) electrons. The quantitative estimate of drug-likeness (QED) is 0.439. The summed E-state index contributed by atoms with van der Waals surface area (Å²) in [5, 5.41) is 3.92. The zero-order valence-corrected chi connectivity index (χ0v) is 23.5. The number of quaternary nitrogens is 1. The average Bonchev–Trinajstić information content (AvgIpc) is 2.73. The van der Waals surface area contributed by atoms with Gasteiger partial charge in [-0.05, 0) is 70.2 Å². The number of anilines is 1. The van der Waals surface area contributed by atoms with Gasteiger partial charge in [0, 0.05) is 49.8 Å². The molecule has 1 N–H and O–H groups in total. The first-order valence-electron chi connectivity index (χ1n) is 11.3. The number of aryl methyl sites for hydroxylation is 3. The van der Waals surface area contributed by atoms with Gasteiger partial charge in [0.05, 0.1) is 19.6 Å². The van der Waals surface area contributed by atoms with E-state index in [4.69, 9.17) is 11.6 Å². The Hall–Kier alpha value is -0.736. The van der Waals surface area contributed by atoms with Crippen molar-refractivity contribution in [1.82, 2.24) is 0 Å². The molecule has 1 aliphatic rings. The Morgan fingerprint density at radius 2 is 1.55 bits per heavy atom. The SMILES string of the molecule is CCC(C(=O)Nc1c(C)cc(Cl)cc1C)[N+]1(CC)CCCCC1.Cc1ccccc1.[Y]. The molecule has 2 aromatic rings. The fourth-order valence-corrected chi connectivity index (χ4v) is 4.99. The summed E-state index contributed by atoms with van der Waals surface area (Å²) in [7, 11) is 0. The molecule has 3 rings (SSSR count). The average molecular weight is 519 g/mol. The first-order valence-corrected chi connectivity index (χ1v) is 11.7. The molecule has 1 heterocycles. The number of nitrogens with one attached hydrogen (secondary N) is 1. The predicted molar refractivity (Wildman–Crippen MR) is 129 cm³/mol. The van der Waals surface area contributed by atoms with Gasteiger partial charge in [-0.2, -0.15) is 0 Å². The Labute approximate surface area is 219 Å². The third-order valence-electron chi connectivity index (χ3n) is 6.37. The summed E-state index contributed by atoms with van der Waals surface area (Å²) in [5.41, 5.74) is 4.30. The Kier molecular flexibility index (Phi) is 12.5. The smallest absolute Gasteiger partial charge is 0.282 e. The van der Waals surface area contributed by atoms with Crippen LogP contribution in [0.15, 0.2) is 42.5 Å². The fourth-order valence-electron chi connectivity index (χ4n) is 4.66.